The maximum absolute atomic E-state index is 13.5. The molecule has 13 nitrogen and oxygen atoms in total. The number of carbonyl (C=O) groups is 2. The molecule has 0 spiro atoms. The van der Waals surface area contributed by atoms with E-state index in [1.54, 1.807) is 19.2 Å². The van der Waals surface area contributed by atoms with Crippen molar-refractivity contribution < 1.29 is 18.7 Å². The quantitative estimate of drug-likeness (QED) is 0.177. The van der Waals surface area contributed by atoms with Gasteiger partial charge in [-0.1, -0.05) is 6.92 Å². The number of ether oxygens (including phenoxy) is 1. The van der Waals surface area contributed by atoms with Crippen molar-refractivity contribution in [2.75, 3.05) is 38.3 Å². The highest BCUT2D eigenvalue weighted by molar-refractivity contribution is 6.05. The van der Waals surface area contributed by atoms with Crippen LogP contribution in [0.25, 0.3) is 22.6 Å². The molecule has 1 aliphatic rings. The molecule has 1 N–H and O–H groups in total. The molecular weight excluding hydrogens is 583 g/mol. The van der Waals surface area contributed by atoms with E-state index in [-0.39, 0.29) is 35.7 Å². The largest absolute Gasteiger partial charge is 0.385 e. The number of aromatic nitrogens is 6. The maximum Gasteiger partial charge on any atom is 0.332 e. The fourth-order valence-corrected chi connectivity index (χ4v) is 5.47. The summed E-state index contributed by atoms with van der Waals surface area (Å²) in [5, 5.41) is 0. The minimum absolute atomic E-state index is 0.112. The molecule has 5 rings (SSSR count). The number of aryl methyl sites for hydroxylation is 1. The van der Waals surface area contributed by atoms with E-state index in [1.807, 2.05) is 11.8 Å². The average molecular weight is 621 g/mol. The van der Waals surface area contributed by atoms with Crippen molar-refractivity contribution in [2.45, 2.75) is 58.5 Å². The number of carbonyl (C=O) groups excluding carboxylic acids is 2. The zero-order valence-electron chi connectivity index (χ0n) is 25.5. The number of amides is 2. The van der Waals surface area contributed by atoms with Gasteiger partial charge in [-0.15, -0.1) is 0 Å². The molecule has 0 atom stereocenters. The van der Waals surface area contributed by atoms with Crippen LogP contribution in [0.2, 0.25) is 0 Å². The van der Waals surface area contributed by atoms with Gasteiger partial charge in [0.15, 0.2) is 5.65 Å². The van der Waals surface area contributed by atoms with E-state index >= 15 is 0 Å². The molecule has 0 aromatic carbocycles. The van der Waals surface area contributed by atoms with Crippen molar-refractivity contribution in [3.63, 3.8) is 0 Å². The summed E-state index contributed by atoms with van der Waals surface area (Å²) in [6, 6.07) is 5.87. The Bertz CT molecular complexity index is 1760. The molecule has 1 saturated heterocycles. The van der Waals surface area contributed by atoms with E-state index in [9.17, 15) is 23.6 Å². The highest BCUT2D eigenvalue weighted by atomic mass is 19.1. The van der Waals surface area contributed by atoms with Gasteiger partial charge in [-0.2, -0.15) is 4.39 Å². The average Bonchev–Trinajstić information content (AvgIpc) is 3.50. The van der Waals surface area contributed by atoms with Gasteiger partial charge in [-0.25, -0.2) is 19.7 Å². The number of likely N-dealkylation sites (tertiary alicyclic amines) is 1. The molecule has 4 aromatic heterocycles. The first kappa shape index (κ1) is 31.7. The van der Waals surface area contributed by atoms with Crippen LogP contribution in [-0.4, -0.2) is 79.1 Å². The number of hydrogen-bond acceptors (Lipinski definition) is 8. The number of anilines is 1. The van der Waals surface area contributed by atoms with Crippen LogP contribution < -0.4 is 16.1 Å². The Kier molecular flexibility index (Phi) is 10.1. The molecule has 0 saturated carbocycles. The predicted octanol–water partition coefficient (Wildman–Crippen LogP) is 2.98. The molecule has 2 amide bonds. The monoisotopic (exact) mass is 620 g/mol. The molecule has 14 heteroatoms. The standard InChI is InChI=1S/C31H37FN8O5/c1-3-13-39-28-26(30(43)40(31(39)44)17-7-18-45-2)35-27(36-28)21-10-12-24(34-19-21)38(29(42)22-9-11-23(32)33-20-22)16-6-15-37-14-5-4-8-25(37)41/h9-12,19-20H,3-8,13-18H2,1-2H3,(H,35,36). The number of imidazole rings is 1. The lowest BCUT2D eigenvalue weighted by Gasteiger charge is -2.28. The van der Waals surface area contributed by atoms with Gasteiger partial charge in [-0.3, -0.25) is 28.4 Å². The van der Waals surface area contributed by atoms with Crippen molar-refractivity contribution in [1.82, 2.24) is 34.0 Å². The van der Waals surface area contributed by atoms with Gasteiger partial charge < -0.3 is 14.6 Å². The highest BCUT2D eigenvalue weighted by Gasteiger charge is 2.23. The minimum atomic E-state index is -0.693. The third-order valence-electron chi connectivity index (χ3n) is 7.79. The molecule has 45 heavy (non-hydrogen) atoms. The van der Waals surface area contributed by atoms with Crippen LogP contribution in [-0.2, 0) is 22.6 Å². The van der Waals surface area contributed by atoms with Crippen LogP contribution >= 0.6 is 0 Å². The van der Waals surface area contributed by atoms with Gasteiger partial charge in [-0.05, 0) is 56.4 Å². The minimum Gasteiger partial charge on any atom is -0.385 e. The second kappa shape index (κ2) is 14.4. The van der Waals surface area contributed by atoms with Gasteiger partial charge in [0.05, 0.1) is 5.56 Å². The highest BCUT2D eigenvalue weighted by Crippen LogP contribution is 2.22. The van der Waals surface area contributed by atoms with Gasteiger partial charge in [0.1, 0.15) is 17.2 Å². The van der Waals surface area contributed by atoms with E-state index in [4.69, 9.17) is 4.74 Å². The number of methoxy groups -OCH3 is 1. The van der Waals surface area contributed by atoms with Gasteiger partial charge in [0, 0.05) is 70.8 Å². The van der Waals surface area contributed by atoms with Crippen molar-refractivity contribution in [2.24, 2.45) is 0 Å². The summed E-state index contributed by atoms with van der Waals surface area (Å²) in [5.74, 6) is -0.293. The van der Waals surface area contributed by atoms with E-state index in [1.165, 1.54) is 32.5 Å². The fourth-order valence-electron chi connectivity index (χ4n) is 5.47. The van der Waals surface area contributed by atoms with E-state index in [0.717, 1.165) is 18.9 Å². The van der Waals surface area contributed by atoms with Gasteiger partial charge in [0.25, 0.3) is 11.5 Å². The number of nitrogens with zero attached hydrogens (tertiary/aromatic N) is 7. The molecule has 0 aliphatic carbocycles. The van der Waals surface area contributed by atoms with Crippen LogP contribution in [0.5, 0.6) is 0 Å². The Morgan fingerprint density at radius 2 is 1.87 bits per heavy atom. The number of piperidine rings is 1. The van der Waals surface area contributed by atoms with Crippen LogP contribution in [0.4, 0.5) is 10.2 Å². The number of rotatable bonds is 13. The first-order valence-electron chi connectivity index (χ1n) is 15.2. The molecule has 5 heterocycles. The Morgan fingerprint density at radius 1 is 1.02 bits per heavy atom. The number of pyridine rings is 2. The summed E-state index contributed by atoms with van der Waals surface area (Å²) in [4.78, 5) is 71.4. The normalized spacial score (nSPS) is 13.5. The number of hydrogen-bond donors (Lipinski definition) is 1. The smallest absolute Gasteiger partial charge is 0.332 e. The molecular formula is C31H37FN8O5. The Morgan fingerprint density at radius 3 is 2.56 bits per heavy atom. The molecule has 4 aromatic rings. The maximum atomic E-state index is 13.5. The lowest BCUT2D eigenvalue weighted by atomic mass is 10.1. The molecule has 1 fully saturated rings. The van der Waals surface area contributed by atoms with E-state index < -0.39 is 23.1 Å². The van der Waals surface area contributed by atoms with Crippen molar-refractivity contribution in [3.8, 4) is 11.4 Å². The SMILES string of the molecule is CCCn1c(=O)n(CCCOC)c(=O)c2[nH]c(-c3ccc(N(CCCN4CCCCC4=O)C(=O)c4ccc(F)nc4)nc3)nc21. The lowest BCUT2D eigenvalue weighted by Crippen LogP contribution is -2.40. The summed E-state index contributed by atoms with van der Waals surface area (Å²) in [7, 11) is 1.56. The molecule has 0 radical (unpaired) electrons. The number of nitrogens with one attached hydrogen (secondary N) is 1. The molecule has 0 bridgehead atoms. The summed E-state index contributed by atoms with van der Waals surface area (Å²) in [6.45, 7) is 4.43. The van der Waals surface area contributed by atoms with Gasteiger partial charge >= 0.3 is 5.69 Å². The zero-order chi connectivity index (χ0) is 31.9. The molecule has 1 aliphatic heterocycles. The molecule has 0 unspecified atom stereocenters. The first-order valence-corrected chi connectivity index (χ1v) is 15.2. The van der Waals surface area contributed by atoms with Gasteiger partial charge in [0.2, 0.25) is 11.9 Å². The Labute approximate surface area is 258 Å². The lowest BCUT2D eigenvalue weighted by molar-refractivity contribution is -0.133. The van der Waals surface area contributed by atoms with E-state index in [0.29, 0.717) is 69.1 Å². The molecule has 238 valence electrons. The summed E-state index contributed by atoms with van der Waals surface area (Å²) in [6.07, 6.45) is 6.78. The summed E-state index contributed by atoms with van der Waals surface area (Å²) in [5.41, 5.74) is 0.343. The number of halogens is 1. The first-order chi connectivity index (χ1) is 21.8. The Hall–Kier alpha value is -4.72. The topological polar surface area (TPSA) is 148 Å². The summed E-state index contributed by atoms with van der Waals surface area (Å²) >= 11 is 0. The van der Waals surface area contributed by atoms with Crippen LogP contribution in [0.3, 0.4) is 0 Å². The van der Waals surface area contributed by atoms with Crippen molar-refractivity contribution in [3.05, 3.63) is 69.0 Å². The third kappa shape index (κ3) is 7.00. The van der Waals surface area contributed by atoms with E-state index in [2.05, 4.69) is 19.9 Å². The predicted molar refractivity (Wildman–Crippen MR) is 166 cm³/mol. The number of aromatic amines is 1. The van der Waals surface area contributed by atoms with Crippen LogP contribution in [0, 0.1) is 5.95 Å². The fraction of sp³-hybridized carbons (Fsp3) is 0.452. The number of fused-ring (bicyclic) bond motifs is 1. The van der Waals surface area contributed by atoms with Crippen LogP contribution in [0.15, 0.2) is 46.2 Å². The second-order valence-corrected chi connectivity index (χ2v) is 10.9. The number of H-pyrrole nitrogens is 1. The Balaban J connectivity index is 1.44. The van der Waals surface area contributed by atoms with Crippen molar-refractivity contribution >= 4 is 28.8 Å². The second-order valence-electron chi connectivity index (χ2n) is 10.9. The zero-order valence-corrected chi connectivity index (χ0v) is 25.5. The summed E-state index contributed by atoms with van der Waals surface area (Å²) < 4.78 is 21.3. The third-order valence-corrected chi connectivity index (χ3v) is 7.79. The van der Waals surface area contributed by atoms with Crippen molar-refractivity contribution in [1.29, 1.82) is 0 Å². The van der Waals surface area contributed by atoms with Crippen LogP contribution in [0.1, 0.15) is 55.8 Å².